The van der Waals surface area contributed by atoms with Gasteiger partial charge in [-0.2, -0.15) is 0 Å². The fourth-order valence-corrected chi connectivity index (χ4v) is 6.48. The molecule has 1 amide bonds. The first-order valence-electron chi connectivity index (χ1n) is 13.9. The Hall–Kier alpha value is -4.18. The van der Waals surface area contributed by atoms with E-state index in [0.717, 1.165) is 51.7 Å². The third-order valence-corrected chi connectivity index (χ3v) is 8.42. The Kier molecular flexibility index (Phi) is 6.11. The van der Waals surface area contributed by atoms with Crippen LogP contribution in [0.4, 0.5) is 8.78 Å². The number of halogens is 2. The average Bonchev–Trinajstić information content (AvgIpc) is 3.47. The first-order valence-corrected chi connectivity index (χ1v) is 13.9. The Labute approximate surface area is 235 Å². The number of hydrogen-bond donors (Lipinski definition) is 0. The van der Waals surface area contributed by atoms with Crippen molar-refractivity contribution in [2.24, 2.45) is 13.0 Å². The van der Waals surface area contributed by atoms with Crippen molar-refractivity contribution in [1.82, 2.24) is 29.4 Å². The normalized spacial score (nSPS) is 18.1. The van der Waals surface area contributed by atoms with Crippen LogP contribution in [-0.4, -0.2) is 67.6 Å². The van der Waals surface area contributed by atoms with Crippen LogP contribution in [0.5, 0.6) is 0 Å². The van der Waals surface area contributed by atoms with E-state index in [0.29, 0.717) is 24.7 Å². The van der Waals surface area contributed by atoms with Crippen LogP contribution in [0.15, 0.2) is 60.8 Å². The summed E-state index contributed by atoms with van der Waals surface area (Å²) in [6, 6.07) is 18.1. The molecule has 0 radical (unpaired) electrons. The maximum atomic E-state index is 13.5. The van der Waals surface area contributed by atoms with E-state index < -0.39 is 24.9 Å². The van der Waals surface area contributed by atoms with Crippen molar-refractivity contribution in [3.63, 3.8) is 0 Å². The highest BCUT2D eigenvalue weighted by molar-refractivity contribution is 6.09. The standard InChI is InChI=1S/C31H30F2N6O2/c1-19-28(37(2)36-35-19)23-15-26-27(34-16-23)24-14-22(30(40)38-17-31(32,33)18-38)8-9-25(24)39(26)29(20-6-4-3-5-7-20)21-10-12-41-13-11-21/h3-9,14-16,21,29H,10-13,17-18H2,1-2H3/t29-/m1/s1. The maximum absolute atomic E-state index is 13.5. The predicted octanol–water partition coefficient (Wildman–Crippen LogP) is 5.40. The van der Waals surface area contributed by atoms with Gasteiger partial charge < -0.3 is 14.2 Å². The van der Waals surface area contributed by atoms with E-state index in [-0.39, 0.29) is 6.04 Å². The number of amides is 1. The van der Waals surface area contributed by atoms with Crippen molar-refractivity contribution in [3.8, 4) is 11.3 Å². The van der Waals surface area contributed by atoms with E-state index in [1.807, 2.05) is 38.4 Å². The number of benzene rings is 2. The Morgan fingerprint density at radius 1 is 1.05 bits per heavy atom. The summed E-state index contributed by atoms with van der Waals surface area (Å²) in [4.78, 5) is 19.2. The van der Waals surface area contributed by atoms with Crippen molar-refractivity contribution in [2.45, 2.75) is 31.7 Å². The monoisotopic (exact) mass is 556 g/mol. The summed E-state index contributed by atoms with van der Waals surface area (Å²) in [6.07, 6.45) is 3.64. The lowest BCUT2D eigenvalue weighted by molar-refractivity contribution is -0.113. The molecular formula is C31H30F2N6O2. The van der Waals surface area contributed by atoms with E-state index in [4.69, 9.17) is 9.72 Å². The summed E-state index contributed by atoms with van der Waals surface area (Å²) < 4.78 is 36.9. The molecule has 0 N–H and O–H groups in total. The van der Waals surface area contributed by atoms with Crippen LogP contribution in [0.2, 0.25) is 0 Å². The summed E-state index contributed by atoms with van der Waals surface area (Å²) >= 11 is 0. The number of rotatable bonds is 5. The zero-order valence-corrected chi connectivity index (χ0v) is 22.9. The first kappa shape index (κ1) is 25.8. The van der Waals surface area contributed by atoms with E-state index >= 15 is 0 Å². The number of carbonyl (C=O) groups is 1. The molecule has 210 valence electrons. The van der Waals surface area contributed by atoms with Gasteiger partial charge in [0, 0.05) is 43.0 Å². The minimum Gasteiger partial charge on any atom is -0.381 e. The first-order chi connectivity index (χ1) is 19.8. The van der Waals surface area contributed by atoms with Gasteiger partial charge in [0.25, 0.3) is 11.8 Å². The van der Waals surface area contributed by atoms with E-state index in [1.54, 1.807) is 10.7 Å². The molecular weight excluding hydrogens is 526 g/mol. The Balaban J connectivity index is 1.46. The van der Waals surface area contributed by atoms with Crippen LogP contribution in [0, 0.1) is 12.8 Å². The molecule has 41 heavy (non-hydrogen) atoms. The fourth-order valence-electron chi connectivity index (χ4n) is 6.48. The lowest BCUT2D eigenvalue weighted by atomic mass is 9.86. The van der Waals surface area contributed by atoms with Gasteiger partial charge in [-0.3, -0.25) is 9.78 Å². The van der Waals surface area contributed by atoms with E-state index in [1.165, 1.54) is 10.5 Å². The molecule has 0 unspecified atom stereocenters. The van der Waals surface area contributed by atoms with Crippen molar-refractivity contribution < 1.29 is 18.3 Å². The van der Waals surface area contributed by atoms with Gasteiger partial charge in [-0.1, -0.05) is 35.5 Å². The van der Waals surface area contributed by atoms with Crippen molar-refractivity contribution >= 4 is 27.8 Å². The van der Waals surface area contributed by atoms with E-state index in [2.05, 4.69) is 45.2 Å². The second-order valence-corrected chi connectivity index (χ2v) is 11.2. The molecule has 10 heteroatoms. The smallest absolute Gasteiger partial charge is 0.282 e. The van der Waals surface area contributed by atoms with Crippen molar-refractivity contribution in [1.29, 1.82) is 0 Å². The molecule has 2 saturated heterocycles. The van der Waals surface area contributed by atoms with Crippen LogP contribution < -0.4 is 0 Å². The van der Waals surface area contributed by atoms with Crippen LogP contribution in [0.3, 0.4) is 0 Å². The SMILES string of the molecule is Cc1nnn(C)c1-c1cnc2c3cc(C(=O)N4CC(F)(F)C4)ccc3n([C@H](c3ccccc3)C3CCOCC3)c2c1. The highest BCUT2D eigenvalue weighted by Crippen LogP contribution is 2.41. The average molecular weight is 557 g/mol. The van der Waals surface area contributed by atoms with Gasteiger partial charge in [-0.05, 0) is 55.5 Å². The van der Waals surface area contributed by atoms with Gasteiger partial charge in [0.1, 0.15) is 0 Å². The number of alkyl halides is 2. The van der Waals surface area contributed by atoms with Gasteiger partial charge in [-0.25, -0.2) is 13.5 Å². The maximum Gasteiger partial charge on any atom is 0.282 e. The lowest BCUT2D eigenvalue weighted by Crippen LogP contribution is -2.58. The fraction of sp³-hybridized carbons (Fsp3) is 0.355. The summed E-state index contributed by atoms with van der Waals surface area (Å²) in [5.41, 5.74) is 6.77. The molecule has 2 aromatic carbocycles. The highest BCUT2D eigenvalue weighted by Gasteiger charge is 2.46. The molecule has 8 nitrogen and oxygen atoms in total. The molecule has 5 aromatic rings. The summed E-state index contributed by atoms with van der Waals surface area (Å²) in [7, 11) is 1.86. The van der Waals surface area contributed by atoms with Crippen LogP contribution in [-0.2, 0) is 11.8 Å². The molecule has 2 fully saturated rings. The zero-order chi connectivity index (χ0) is 28.3. The minimum atomic E-state index is -2.82. The highest BCUT2D eigenvalue weighted by atomic mass is 19.3. The number of nitrogens with zero attached hydrogens (tertiary/aromatic N) is 6. The predicted molar refractivity (Wildman–Crippen MR) is 151 cm³/mol. The van der Waals surface area contributed by atoms with Crippen molar-refractivity contribution in [2.75, 3.05) is 26.3 Å². The zero-order valence-electron chi connectivity index (χ0n) is 22.9. The van der Waals surface area contributed by atoms with Crippen molar-refractivity contribution in [3.05, 3.63) is 77.6 Å². The number of aromatic nitrogens is 5. The number of fused-ring (bicyclic) bond motifs is 3. The van der Waals surface area contributed by atoms with Crippen LogP contribution in [0.1, 0.15) is 40.5 Å². The molecule has 7 rings (SSSR count). The molecule has 2 aliphatic rings. The van der Waals surface area contributed by atoms with Gasteiger partial charge in [0.15, 0.2) is 0 Å². The van der Waals surface area contributed by atoms with Gasteiger partial charge in [0.05, 0.1) is 47.1 Å². The molecule has 0 saturated carbocycles. The number of aryl methyl sites for hydroxylation is 2. The topological polar surface area (TPSA) is 78.1 Å². The number of likely N-dealkylation sites (tertiary alicyclic amines) is 1. The molecule has 5 heterocycles. The minimum absolute atomic E-state index is 0.00136. The second kappa shape index (κ2) is 9.73. The van der Waals surface area contributed by atoms with Gasteiger partial charge in [0.2, 0.25) is 0 Å². The summed E-state index contributed by atoms with van der Waals surface area (Å²) in [6.45, 7) is 2.23. The quantitative estimate of drug-likeness (QED) is 0.290. The molecule has 0 spiro atoms. The Morgan fingerprint density at radius 2 is 1.80 bits per heavy atom. The summed E-state index contributed by atoms with van der Waals surface area (Å²) in [5, 5.41) is 9.24. The third kappa shape index (κ3) is 4.37. The number of hydrogen-bond acceptors (Lipinski definition) is 5. The largest absolute Gasteiger partial charge is 0.381 e. The number of ether oxygens (including phenoxy) is 1. The number of carbonyl (C=O) groups excluding carboxylic acids is 1. The molecule has 0 bridgehead atoms. The Morgan fingerprint density at radius 3 is 2.49 bits per heavy atom. The third-order valence-electron chi connectivity index (χ3n) is 8.42. The molecule has 0 aliphatic carbocycles. The molecule has 3 aromatic heterocycles. The lowest BCUT2D eigenvalue weighted by Gasteiger charge is -2.38. The van der Waals surface area contributed by atoms with Gasteiger partial charge >= 0.3 is 0 Å². The van der Waals surface area contributed by atoms with Crippen LogP contribution in [0.25, 0.3) is 33.2 Å². The second-order valence-electron chi connectivity index (χ2n) is 11.2. The Bertz CT molecular complexity index is 1750. The molecule has 2 aliphatic heterocycles. The van der Waals surface area contributed by atoms with Gasteiger partial charge in [-0.15, -0.1) is 5.10 Å². The number of pyridine rings is 1. The van der Waals surface area contributed by atoms with Crippen LogP contribution >= 0.6 is 0 Å². The molecule has 1 atom stereocenters. The summed E-state index contributed by atoms with van der Waals surface area (Å²) in [5.74, 6) is -2.90. The van der Waals surface area contributed by atoms with E-state index in [9.17, 15) is 13.6 Å².